The summed E-state index contributed by atoms with van der Waals surface area (Å²) >= 11 is 0. The van der Waals surface area contributed by atoms with Crippen LogP contribution in [0.5, 0.6) is 0 Å². The second-order valence-corrected chi connectivity index (χ2v) is 8.98. The van der Waals surface area contributed by atoms with Crippen molar-refractivity contribution >= 4 is 29.8 Å². The first kappa shape index (κ1) is 19.7. The maximum Gasteiger partial charge on any atom is 0.327 e. The lowest BCUT2D eigenvalue weighted by Crippen LogP contribution is -2.62. The largest absolute Gasteiger partial charge is 0.454 e. The molecule has 5 fully saturated rings. The summed E-state index contributed by atoms with van der Waals surface area (Å²) in [7, 11) is 1.45. The molecule has 4 saturated carbocycles. The molecule has 0 radical (unpaired) electrons. The molecule has 2 N–H and O–H groups in total. The van der Waals surface area contributed by atoms with Crippen LogP contribution in [0.1, 0.15) is 38.5 Å². The van der Waals surface area contributed by atoms with Crippen molar-refractivity contribution in [1.82, 2.24) is 20.4 Å². The van der Waals surface area contributed by atoms with E-state index in [0.717, 1.165) is 24.2 Å². The van der Waals surface area contributed by atoms with Crippen LogP contribution in [0.3, 0.4) is 0 Å². The smallest absolute Gasteiger partial charge is 0.327 e. The fraction of sp³-hybridized carbons (Fsp3) is 0.737. The van der Waals surface area contributed by atoms with Gasteiger partial charge in [0.1, 0.15) is 13.1 Å². The molecule has 0 spiro atoms. The molecule has 5 rings (SSSR count). The molecule has 158 valence electrons. The number of imide groups is 2. The number of urea groups is 2. The summed E-state index contributed by atoms with van der Waals surface area (Å²) in [6.45, 7) is -1.31. The number of hydrogen-bond acceptors (Lipinski definition) is 6. The molecule has 0 aromatic carbocycles. The molecule has 4 aliphatic carbocycles. The fourth-order valence-electron chi connectivity index (χ4n) is 5.84. The number of carbonyl (C=O) groups excluding carboxylic acids is 5. The van der Waals surface area contributed by atoms with Gasteiger partial charge in [-0.2, -0.15) is 0 Å². The lowest BCUT2D eigenvalue weighted by Gasteiger charge is -2.56. The summed E-state index contributed by atoms with van der Waals surface area (Å²) < 4.78 is 4.80. The average molecular weight is 406 g/mol. The molecular weight excluding hydrogens is 380 g/mol. The highest BCUT2D eigenvalue weighted by Gasteiger charge is 2.51. The lowest BCUT2D eigenvalue weighted by molar-refractivity contribution is -0.150. The van der Waals surface area contributed by atoms with Crippen molar-refractivity contribution in [2.75, 3.05) is 26.7 Å². The van der Waals surface area contributed by atoms with Crippen LogP contribution in [0.25, 0.3) is 0 Å². The molecule has 4 bridgehead atoms. The van der Waals surface area contributed by atoms with Crippen molar-refractivity contribution in [2.24, 2.45) is 17.8 Å². The van der Waals surface area contributed by atoms with Crippen molar-refractivity contribution in [3.05, 3.63) is 0 Å². The zero-order valence-electron chi connectivity index (χ0n) is 16.4. The van der Waals surface area contributed by atoms with Gasteiger partial charge in [0.05, 0.1) is 0 Å². The lowest BCUT2D eigenvalue weighted by atomic mass is 9.53. The number of rotatable bonds is 5. The third-order valence-electron chi connectivity index (χ3n) is 6.55. The van der Waals surface area contributed by atoms with Crippen molar-refractivity contribution in [3.63, 3.8) is 0 Å². The van der Waals surface area contributed by atoms with Crippen LogP contribution in [0.15, 0.2) is 0 Å². The third-order valence-corrected chi connectivity index (χ3v) is 6.55. The van der Waals surface area contributed by atoms with Gasteiger partial charge in [-0.3, -0.25) is 24.6 Å². The van der Waals surface area contributed by atoms with Crippen molar-refractivity contribution in [2.45, 2.75) is 44.1 Å². The Morgan fingerprint density at radius 3 is 2.17 bits per heavy atom. The van der Waals surface area contributed by atoms with Gasteiger partial charge in [0.2, 0.25) is 0 Å². The van der Waals surface area contributed by atoms with E-state index in [9.17, 15) is 24.0 Å². The zero-order chi connectivity index (χ0) is 20.8. The summed E-state index contributed by atoms with van der Waals surface area (Å²) in [5.74, 6) is -0.168. The molecule has 0 aromatic heterocycles. The van der Waals surface area contributed by atoms with E-state index in [0.29, 0.717) is 17.8 Å². The van der Waals surface area contributed by atoms with Crippen LogP contribution >= 0.6 is 0 Å². The van der Waals surface area contributed by atoms with Gasteiger partial charge >= 0.3 is 18.0 Å². The Morgan fingerprint density at radius 1 is 1.07 bits per heavy atom. The van der Waals surface area contributed by atoms with Crippen LogP contribution < -0.4 is 10.6 Å². The van der Waals surface area contributed by atoms with E-state index >= 15 is 0 Å². The van der Waals surface area contributed by atoms with E-state index in [2.05, 4.69) is 10.6 Å². The maximum absolute atomic E-state index is 12.3. The standard InChI is InChI=1S/C19H26N4O6/c1-22-8-15(25)23(18(22)28)9-16(26)29-10-14(24)20-17(27)21-19-5-11-2-12(6-19)4-13(3-11)7-19/h11-13H,2-10H2,1H3,(H2,20,21,24,27). The number of ether oxygens (including phenoxy) is 1. The minimum atomic E-state index is -0.890. The molecule has 0 unspecified atom stereocenters. The van der Waals surface area contributed by atoms with Gasteiger partial charge in [-0.15, -0.1) is 0 Å². The Labute approximate surface area is 168 Å². The molecule has 0 atom stereocenters. The molecule has 29 heavy (non-hydrogen) atoms. The number of carbonyl (C=O) groups is 5. The summed E-state index contributed by atoms with van der Waals surface area (Å²) in [5, 5.41) is 5.21. The summed E-state index contributed by atoms with van der Waals surface area (Å²) in [6, 6.07) is -1.16. The normalized spacial score (nSPS) is 32.5. The molecule has 10 nitrogen and oxygen atoms in total. The molecule has 6 amide bonds. The SMILES string of the molecule is CN1CC(=O)N(CC(=O)OCC(=O)NC(=O)NC23CC4CC(CC(C4)C2)C3)C1=O. The molecule has 1 heterocycles. The highest BCUT2D eigenvalue weighted by Crippen LogP contribution is 2.55. The Morgan fingerprint density at radius 2 is 1.66 bits per heavy atom. The predicted octanol–water partition coefficient (Wildman–Crippen LogP) is 0.218. The Kier molecular flexibility index (Phi) is 4.95. The van der Waals surface area contributed by atoms with Gasteiger partial charge in [-0.25, -0.2) is 9.59 Å². The topological polar surface area (TPSA) is 125 Å². The van der Waals surface area contributed by atoms with E-state index in [1.165, 1.54) is 31.2 Å². The van der Waals surface area contributed by atoms with E-state index in [1.807, 2.05) is 0 Å². The Balaban J connectivity index is 1.21. The first-order valence-corrected chi connectivity index (χ1v) is 10.1. The summed E-state index contributed by atoms with van der Waals surface area (Å²) in [5.41, 5.74) is -0.224. The number of nitrogens with one attached hydrogen (secondary N) is 2. The minimum absolute atomic E-state index is 0.100. The molecule has 1 aliphatic heterocycles. The average Bonchev–Trinajstić information content (AvgIpc) is 2.84. The highest BCUT2D eigenvalue weighted by atomic mass is 16.5. The fourth-order valence-corrected chi connectivity index (χ4v) is 5.84. The predicted molar refractivity (Wildman–Crippen MR) is 98.3 cm³/mol. The molecule has 5 aliphatic rings. The van der Waals surface area contributed by atoms with Crippen LogP contribution in [0, 0.1) is 17.8 Å². The van der Waals surface area contributed by atoms with Crippen LogP contribution in [-0.4, -0.2) is 71.9 Å². The monoisotopic (exact) mass is 406 g/mol. The van der Waals surface area contributed by atoms with E-state index in [4.69, 9.17) is 4.74 Å². The van der Waals surface area contributed by atoms with Gasteiger partial charge in [0.15, 0.2) is 6.61 Å². The maximum atomic E-state index is 12.3. The quantitative estimate of drug-likeness (QED) is 0.497. The number of likely N-dealkylation sites (N-methyl/N-ethyl adjacent to an activating group) is 1. The second-order valence-electron chi connectivity index (χ2n) is 8.98. The number of amides is 6. The van der Waals surface area contributed by atoms with Gasteiger partial charge in [0.25, 0.3) is 11.8 Å². The molecule has 10 heteroatoms. The summed E-state index contributed by atoms with van der Waals surface area (Å²) in [4.78, 5) is 61.4. The van der Waals surface area contributed by atoms with E-state index in [-0.39, 0.29) is 12.1 Å². The van der Waals surface area contributed by atoms with Crippen molar-refractivity contribution in [3.8, 4) is 0 Å². The van der Waals surface area contributed by atoms with Gasteiger partial charge < -0.3 is 15.0 Å². The molecule has 1 saturated heterocycles. The molecular formula is C19H26N4O6. The van der Waals surface area contributed by atoms with Crippen molar-refractivity contribution in [1.29, 1.82) is 0 Å². The van der Waals surface area contributed by atoms with Gasteiger partial charge in [-0.05, 0) is 56.3 Å². The van der Waals surface area contributed by atoms with Crippen molar-refractivity contribution < 1.29 is 28.7 Å². The van der Waals surface area contributed by atoms with Gasteiger partial charge in [0, 0.05) is 12.6 Å². The number of hydrogen-bond donors (Lipinski definition) is 2. The van der Waals surface area contributed by atoms with E-state index < -0.39 is 43.0 Å². The Bertz CT molecular complexity index is 731. The number of nitrogens with zero attached hydrogens (tertiary/aromatic N) is 2. The first-order chi connectivity index (χ1) is 13.7. The minimum Gasteiger partial charge on any atom is -0.454 e. The third kappa shape index (κ3) is 4.06. The van der Waals surface area contributed by atoms with Gasteiger partial charge in [-0.1, -0.05) is 0 Å². The zero-order valence-corrected chi connectivity index (χ0v) is 16.4. The van der Waals surface area contributed by atoms with Crippen LogP contribution in [0.4, 0.5) is 9.59 Å². The van der Waals surface area contributed by atoms with E-state index in [1.54, 1.807) is 0 Å². The molecule has 0 aromatic rings. The second kappa shape index (κ2) is 7.31. The number of esters is 1. The van der Waals surface area contributed by atoms with Crippen LogP contribution in [-0.2, 0) is 19.1 Å². The van der Waals surface area contributed by atoms with Crippen LogP contribution in [0.2, 0.25) is 0 Å². The summed E-state index contributed by atoms with van der Waals surface area (Å²) in [6.07, 6.45) is 6.62. The first-order valence-electron chi connectivity index (χ1n) is 10.1. The highest BCUT2D eigenvalue weighted by molar-refractivity contribution is 6.04. The Hall–Kier alpha value is -2.65.